The van der Waals surface area contributed by atoms with Crippen molar-refractivity contribution in [2.24, 2.45) is 11.0 Å². The Bertz CT molecular complexity index is 897. The molecule has 6 nitrogen and oxygen atoms in total. The number of Topliss-reactive ketones (excluding diaryl/α,β-unsaturated/α-hetero) is 1. The van der Waals surface area contributed by atoms with Gasteiger partial charge in [-0.2, -0.15) is 15.4 Å². The number of nitrogens with zero attached hydrogens (tertiary/aromatic N) is 4. The lowest BCUT2D eigenvalue weighted by molar-refractivity contribution is -0.118. The first-order chi connectivity index (χ1) is 11.5. The van der Waals surface area contributed by atoms with Crippen LogP contribution in [0.25, 0.3) is 0 Å². The highest BCUT2D eigenvalue weighted by molar-refractivity contribution is 6.30. The number of carbonyl (C=O) groups excluding carboxylic acids is 2. The summed E-state index contributed by atoms with van der Waals surface area (Å²) in [4.78, 5) is 29.5. The van der Waals surface area contributed by atoms with Crippen LogP contribution in [0.1, 0.15) is 28.7 Å². The second-order valence-electron chi connectivity index (χ2n) is 5.47. The summed E-state index contributed by atoms with van der Waals surface area (Å²) in [5, 5.41) is 14.4. The highest BCUT2D eigenvalue weighted by Crippen LogP contribution is 2.25. The zero-order chi connectivity index (χ0) is 17.3. The molecule has 2 heterocycles. The van der Waals surface area contributed by atoms with Crippen LogP contribution in [0.3, 0.4) is 0 Å². The average Bonchev–Trinajstić information content (AvgIpc) is 2.89. The number of para-hydroxylation sites is 1. The summed E-state index contributed by atoms with van der Waals surface area (Å²) >= 11 is 0. The van der Waals surface area contributed by atoms with Crippen molar-refractivity contribution < 1.29 is 9.59 Å². The van der Waals surface area contributed by atoms with E-state index in [1.165, 1.54) is 17.1 Å². The topological polar surface area (TPSA) is 86.4 Å². The minimum atomic E-state index is -0.981. The molecule has 1 aliphatic rings. The molecule has 2 aromatic rings. The van der Waals surface area contributed by atoms with E-state index < -0.39 is 17.6 Å². The number of hydrogen-bond acceptors (Lipinski definition) is 5. The quantitative estimate of drug-likeness (QED) is 0.642. The van der Waals surface area contributed by atoms with E-state index >= 15 is 0 Å². The van der Waals surface area contributed by atoms with Crippen molar-refractivity contribution in [2.45, 2.75) is 13.8 Å². The first-order valence-corrected chi connectivity index (χ1v) is 7.39. The number of ketones is 1. The number of hydrazone groups is 1. The first kappa shape index (κ1) is 15.6. The molecule has 0 aliphatic carbocycles. The molecule has 3 rings (SSSR count). The number of rotatable bonds is 3. The molecule has 0 saturated carbocycles. The van der Waals surface area contributed by atoms with Crippen LogP contribution in [-0.2, 0) is 4.79 Å². The fourth-order valence-corrected chi connectivity index (χ4v) is 2.59. The van der Waals surface area contributed by atoms with Crippen LogP contribution in [0, 0.1) is 24.2 Å². The molecule has 24 heavy (non-hydrogen) atoms. The molecule has 0 radical (unpaired) electrons. The Balaban J connectivity index is 1.92. The number of pyridine rings is 1. The number of nitriles is 1. The Morgan fingerprint density at radius 2 is 1.88 bits per heavy atom. The van der Waals surface area contributed by atoms with E-state index in [1.54, 1.807) is 38.1 Å². The summed E-state index contributed by atoms with van der Waals surface area (Å²) < 4.78 is 0. The molecule has 0 unspecified atom stereocenters. The Hall–Kier alpha value is -3.33. The first-order valence-electron chi connectivity index (χ1n) is 7.39. The minimum Gasteiger partial charge on any atom is -0.291 e. The van der Waals surface area contributed by atoms with E-state index in [0.717, 1.165) is 0 Å². The molecule has 1 aliphatic heterocycles. The second kappa shape index (κ2) is 6.05. The van der Waals surface area contributed by atoms with Crippen molar-refractivity contribution in [1.82, 2.24) is 4.98 Å². The van der Waals surface area contributed by atoms with Gasteiger partial charge in [0.2, 0.25) is 0 Å². The van der Waals surface area contributed by atoms with Crippen LogP contribution in [0.5, 0.6) is 0 Å². The second-order valence-corrected chi connectivity index (χ2v) is 5.47. The zero-order valence-corrected chi connectivity index (χ0v) is 13.2. The van der Waals surface area contributed by atoms with E-state index in [-0.39, 0.29) is 5.69 Å². The highest BCUT2D eigenvalue weighted by Gasteiger charge is 2.40. The van der Waals surface area contributed by atoms with Gasteiger partial charge in [-0.3, -0.25) is 9.59 Å². The van der Waals surface area contributed by atoms with Gasteiger partial charge in [-0.05, 0) is 38.1 Å². The van der Waals surface area contributed by atoms with E-state index in [2.05, 4.69) is 10.1 Å². The van der Waals surface area contributed by atoms with Crippen molar-refractivity contribution in [3.63, 3.8) is 0 Å². The van der Waals surface area contributed by atoms with Gasteiger partial charge in [-0.15, -0.1) is 0 Å². The predicted molar refractivity (Wildman–Crippen MR) is 88.5 cm³/mol. The van der Waals surface area contributed by atoms with Crippen molar-refractivity contribution in [3.8, 4) is 6.07 Å². The minimum absolute atomic E-state index is 0.161. The van der Waals surface area contributed by atoms with E-state index in [1.807, 2.05) is 12.1 Å². The third-order valence-corrected chi connectivity index (χ3v) is 3.85. The van der Waals surface area contributed by atoms with Gasteiger partial charge in [-0.1, -0.05) is 18.2 Å². The van der Waals surface area contributed by atoms with Gasteiger partial charge in [0.15, 0.2) is 5.78 Å². The maximum Gasteiger partial charge on any atom is 0.264 e. The number of amides is 1. The van der Waals surface area contributed by atoms with Gasteiger partial charge in [0, 0.05) is 0 Å². The monoisotopic (exact) mass is 318 g/mol. The molecular weight excluding hydrogens is 304 g/mol. The van der Waals surface area contributed by atoms with Crippen molar-refractivity contribution in [3.05, 3.63) is 59.4 Å². The van der Waals surface area contributed by atoms with Crippen LogP contribution in [0.2, 0.25) is 0 Å². The predicted octanol–water partition coefficient (Wildman–Crippen LogP) is 2.48. The number of aromatic nitrogens is 1. The third-order valence-electron chi connectivity index (χ3n) is 3.85. The molecule has 0 saturated heterocycles. The highest BCUT2D eigenvalue weighted by atomic mass is 16.2. The smallest absolute Gasteiger partial charge is 0.264 e. The lowest BCUT2D eigenvalue weighted by atomic mass is 9.96. The normalized spacial score (nSPS) is 16.7. The standard InChI is InChI=1S/C18H14N4O2/c1-11-13(10-19)8-9-15(20-11)17(23)16-12(2)21-22(18(16)24)14-6-4-3-5-7-14/h3-9,16H,1-2H3/t16-/m0/s1. The molecule has 0 fully saturated rings. The van der Waals surface area contributed by atoms with Gasteiger partial charge in [-0.25, -0.2) is 4.98 Å². The lowest BCUT2D eigenvalue weighted by Gasteiger charge is -2.13. The van der Waals surface area contributed by atoms with Crippen molar-refractivity contribution in [2.75, 3.05) is 5.01 Å². The largest absolute Gasteiger partial charge is 0.291 e. The number of hydrogen-bond donors (Lipinski definition) is 0. The Morgan fingerprint density at radius 3 is 2.50 bits per heavy atom. The van der Waals surface area contributed by atoms with Crippen LogP contribution in [-0.4, -0.2) is 22.4 Å². The molecule has 1 aromatic carbocycles. The van der Waals surface area contributed by atoms with Crippen LogP contribution < -0.4 is 5.01 Å². The summed E-state index contributed by atoms with van der Waals surface area (Å²) in [5.74, 6) is -1.79. The molecule has 0 N–H and O–H groups in total. The molecule has 1 amide bonds. The number of carbonyl (C=O) groups is 2. The Labute approximate surface area is 139 Å². The Kier molecular flexibility index (Phi) is 3.92. The molecule has 118 valence electrons. The van der Waals surface area contributed by atoms with E-state index in [4.69, 9.17) is 5.26 Å². The van der Waals surface area contributed by atoms with E-state index in [0.29, 0.717) is 22.7 Å². The van der Waals surface area contributed by atoms with Crippen molar-refractivity contribution >= 4 is 23.1 Å². The molecule has 0 bridgehead atoms. The lowest BCUT2D eigenvalue weighted by Crippen LogP contribution is -2.33. The maximum absolute atomic E-state index is 12.7. The summed E-state index contributed by atoms with van der Waals surface area (Å²) in [6.45, 7) is 3.31. The SMILES string of the molecule is CC1=NN(c2ccccc2)C(=O)[C@@H]1C(=O)c1ccc(C#N)c(C)n1. The van der Waals surface area contributed by atoms with Gasteiger partial charge in [0.05, 0.1) is 22.7 Å². The third kappa shape index (κ3) is 2.57. The Morgan fingerprint density at radius 1 is 1.17 bits per heavy atom. The maximum atomic E-state index is 12.7. The van der Waals surface area contributed by atoms with Gasteiger partial charge >= 0.3 is 0 Å². The van der Waals surface area contributed by atoms with Crippen LogP contribution >= 0.6 is 0 Å². The van der Waals surface area contributed by atoms with Crippen LogP contribution in [0.4, 0.5) is 5.69 Å². The van der Waals surface area contributed by atoms with Gasteiger partial charge < -0.3 is 0 Å². The number of anilines is 1. The van der Waals surface area contributed by atoms with Crippen LogP contribution in [0.15, 0.2) is 47.6 Å². The molecule has 1 atom stereocenters. The van der Waals surface area contributed by atoms with Gasteiger partial charge in [0.25, 0.3) is 5.91 Å². The van der Waals surface area contributed by atoms with E-state index in [9.17, 15) is 9.59 Å². The number of aryl methyl sites for hydroxylation is 1. The average molecular weight is 318 g/mol. The fraction of sp³-hybridized carbons (Fsp3) is 0.167. The summed E-state index contributed by atoms with van der Waals surface area (Å²) in [5.41, 5.74) is 2.07. The molecule has 1 aromatic heterocycles. The summed E-state index contributed by atoms with van der Waals surface area (Å²) in [7, 11) is 0. The van der Waals surface area contributed by atoms with Gasteiger partial charge in [0.1, 0.15) is 17.7 Å². The molecule has 6 heteroatoms. The summed E-state index contributed by atoms with van der Waals surface area (Å²) in [6.07, 6.45) is 0. The van der Waals surface area contributed by atoms with Crippen molar-refractivity contribution in [1.29, 1.82) is 5.26 Å². The fourth-order valence-electron chi connectivity index (χ4n) is 2.59. The molecular formula is C18H14N4O2. The zero-order valence-electron chi connectivity index (χ0n) is 13.2. The summed E-state index contributed by atoms with van der Waals surface area (Å²) in [6, 6.07) is 14.0. The number of benzene rings is 1. The molecule has 0 spiro atoms.